The highest BCUT2D eigenvalue weighted by Gasteiger charge is 2.30. The molecule has 0 spiro atoms. The number of benzene rings is 1. The molecule has 1 aromatic carbocycles. The monoisotopic (exact) mass is 450 g/mol. The van der Waals surface area contributed by atoms with Gasteiger partial charge in [-0.15, -0.1) is 5.10 Å². The van der Waals surface area contributed by atoms with Crippen molar-refractivity contribution in [1.29, 1.82) is 0 Å². The van der Waals surface area contributed by atoms with Crippen LogP contribution >= 0.6 is 15.9 Å². The van der Waals surface area contributed by atoms with Crippen molar-refractivity contribution in [2.24, 2.45) is 11.8 Å². The Hall–Kier alpha value is -1.83. The highest BCUT2D eigenvalue weighted by Crippen LogP contribution is 2.35. The Balaban J connectivity index is 1.35. The fourth-order valence-electron chi connectivity index (χ4n) is 3.45. The minimum Gasteiger partial charge on any atom is -0.492 e. The molecular formula is C20H27BrN4O3. The van der Waals surface area contributed by atoms with Gasteiger partial charge in [0.1, 0.15) is 16.9 Å². The summed E-state index contributed by atoms with van der Waals surface area (Å²) in [6, 6.07) is 4.00. The summed E-state index contributed by atoms with van der Waals surface area (Å²) in [5.74, 6) is 1.80. The molecule has 0 radical (unpaired) electrons. The van der Waals surface area contributed by atoms with E-state index in [1.165, 1.54) is 12.8 Å². The van der Waals surface area contributed by atoms with Gasteiger partial charge in [-0.05, 0) is 74.0 Å². The average molecular weight is 451 g/mol. The first-order valence-electron chi connectivity index (χ1n) is 9.92. The van der Waals surface area contributed by atoms with Crippen molar-refractivity contribution >= 4 is 33.1 Å². The molecule has 0 N–H and O–H groups in total. The molecule has 2 fully saturated rings. The van der Waals surface area contributed by atoms with Gasteiger partial charge >= 0.3 is 6.09 Å². The van der Waals surface area contributed by atoms with Crippen LogP contribution < -0.4 is 4.74 Å². The second-order valence-electron chi connectivity index (χ2n) is 8.85. The number of fused-ring (bicyclic) bond motifs is 1. The summed E-state index contributed by atoms with van der Waals surface area (Å²) in [4.78, 5) is 14.0. The fourth-order valence-corrected chi connectivity index (χ4v) is 3.98. The van der Waals surface area contributed by atoms with Crippen LogP contribution in [-0.2, 0) is 11.3 Å². The minimum atomic E-state index is -0.469. The van der Waals surface area contributed by atoms with E-state index in [0.29, 0.717) is 25.6 Å². The molecule has 7 nitrogen and oxygen atoms in total. The third-order valence-corrected chi connectivity index (χ3v) is 5.90. The Morgan fingerprint density at radius 1 is 1.25 bits per heavy atom. The third kappa shape index (κ3) is 4.42. The van der Waals surface area contributed by atoms with Crippen LogP contribution in [-0.4, -0.2) is 51.3 Å². The molecule has 1 atom stereocenters. The Kier molecular flexibility index (Phi) is 5.24. The smallest absolute Gasteiger partial charge is 0.410 e. The molecule has 1 saturated carbocycles. The number of carbonyl (C=O) groups is 1. The van der Waals surface area contributed by atoms with E-state index in [2.05, 4.69) is 26.2 Å². The van der Waals surface area contributed by atoms with Crippen LogP contribution in [0.2, 0.25) is 0 Å². The summed E-state index contributed by atoms with van der Waals surface area (Å²) in [7, 11) is 0. The molecule has 2 heterocycles. The number of hydrogen-bond donors (Lipinski definition) is 0. The van der Waals surface area contributed by atoms with E-state index < -0.39 is 5.60 Å². The number of aromatic nitrogens is 3. The highest BCUT2D eigenvalue weighted by molar-refractivity contribution is 9.10. The molecule has 0 bridgehead atoms. The Morgan fingerprint density at radius 2 is 2.04 bits per heavy atom. The maximum absolute atomic E-state index is 12.2. The van der Waals surface area contributed by atoms with Crippen molar-refractivity contribution < 1.29 is 14.3 Å². The number of halogens is 1. The summed E-state index contributed by atoms with van der Waals surface area (Å²) < 4.78 is 14.3. The van der Waals surface area contributed by atoms with Gasteiger partial charge in [-0.3, -0.25) is 0 Å². The number of amides is 1. The van der Waals surface area contributed by atoms with Crippen molar-refractivity contribution in [3.8, 4) is 5.75 Å². The zero-order valence-electron chi connectivity index (χ0n) is 16.7. The van der Waals surface area contributed by atoms with Crippen LogP contribution in [0.15, 0.2) is 16.6 Å². The summed E-state index contributed by atoms with van der Waals surface area (Å²) in [5.41, 5.74) is 1.39. The summed E-state index contributed by atoms with van der Waals surface area (Å²) in [5, 5.41) is 8.62. The fraction of sp³-hybridized carbons (Fsp3) is 0.650. The average Bonchev–Trinajstić information content (AvgIpc) is 3.14. The van der Waals surface area contributed by atoms with E-state index in [1.54, 1.807) is 4.90 Å². The van der Waals surface area contributed by atoms with Crippen molar-refractivity contribution in [2.45, 2.75) is 52.2 Å². The van der Waals surface area contributed by atoms with Crippen LogP contribution in [0.4, 0.5) is 4.79 Å². The largest absolute Gasteiger partial charge is 0.492 e. The molecule has 2 aliphatic rings. The van der Waals surface area contributed by atoms with E-state index in [-0.39, 0.29) is 6.09 Å². The second kappa shape index (κ2) is 7.54. The topological polar surface area (TPSA) is 69.5 Å². The highest BCUT2D eigenvalue weighted by atomic mass is 79.9. The number of hydrogen-bond acceptors (Lipinski definition) is 5. The Morgan fingerprint density at radius 3 is 2.75 bits per heavy atom. The van der Waals surface area contributed by atoms with Crippen molar-refractivity contribution in [3.63, 3.8) is 0 Å². The number of carbonyl (C=O) groups excluding carboxylic acids is 1. The maximum Gasteiger partial charge on any atom is 0.410 e. The molecule has 2 aromatic rings. The van der Waals surface area contributed by atoms with Gasteiger partial charge in [0.15, 0.2) is 0 Å². The van der Waals surface area contributed by atoms with Gasteiger partial charge in [-0.1, -0.05) is 5.21 Å². The molecule has 1 amide bonds. The maximum atomic E-state index is 12.2. The Bertz CT molecular complexity index is 872. The molecule has 1 aliphatic heterocycles. The lowest BCUT2D eigenvalue weighted by atomic mass is 10.1. The van der Waals surface area contributed by atoms with Gasteiger partial charge in [0.25, 0.3) is 0 Å². The molecule has 28 heavy (non-hydrogen) atoms. The van der Waals surface area contributed by atoms with Crippen LogP contribution in [0.3, 0.4) is 0 Å². The zero-order chi connectivity index (χ0) is 19.9. The van der Waals surface area contributed by atoms with Crippen molar-refractivity contribution in [2.75, 3.05) is 19.7 Å². The van der Waals surface area contributed by atoms with E-state index in [9.17, 15) is 4.79 Å². The van der Waals surface area contributed by atoms with E-state index in [1.807, 2.05) is 37.6 Å². The van der Waals surface area contributed by atoms with Gasteiger partial charge in [0.2, 0.25) is 0 Å². The van der Waals surface area contributed by atoms with Crippen LogP contribution in [0.1, 0.15) is 40.0 Å². The SMILES string of the molecule is CC(C)(C)OC(=O)N1CCC(COc2ccc3c(nnn3CC3CC3)c2Br)C1. The standard InChI is InChI=1S/C20H27BrN4O3/c1-20(2,3)28-19(26)24-9-8-14(10-24)12-27-16-7-6-15-18(17(16)21)22-23-25(15)11-13-4-5-13/h6-7,13-14H,4-5,8-12H2,1-3H3. The van der Waals surface area contributed by atoms with Crippen molar-refractivity contribution in [1.82, 2.24) is 19.9 Å². The lowest BCUT2D eigenvalue weighted by Crippen LogP contribution is -2.35. The number of likely N-dealkylation sites (tertiary alicyclic amines) is 1. The molecule has 4 rings (SSSR count). The predicted octanol–water partition coefficient (Wildman–Crippen LogP) is 4.24. The van der Waals surface area contributed by atoms with Gasteiger partial charge in [0.05, 0.1) is 16.6 Å². The summed E-state index contributed by atoms with van der Waals surface area (Å²) in [6.45, 7) is 8.51. The predicted molar refractivity (Wildman–Crippen MR) is 109 cm³/mol. The number of ether oxygens (including phenoxy) is 2. The van der Waals surface area contributed by atoms with E-state index in [4.69, 9.17) is 9.47 Å². The summed E-state index contributed by atoms with van der Waals surface area (Å²) in [6.07, 6.45) is 3.23. The van der Waals surface area contributed by atoms with E-state index >= 15 is 0 Å². The molecule has 1 aromatic heterocycles. The number of rotatable bonds is 5. The van der Waals surface area contributed by atoms with Gasteiger partial charge in [0, 0.05) is 25.6 Å². The lowest BCUT2D eigenvalue weighted by Gasteiger charge is -2.24. The first-order chi connectivity index (χ1) is 13.3. The van der Waals surface area contributed by atoms with Crippen LogP contribution in [0.5, 0.6) is 5.75 Å². The third-order valence-electron chi connectivity index (χ3n) is 5.13. The normalized spacial score (nSPS) is 20.0. The molecule has 8 heteroatoms. The van der Waals surface area contributed by atoms with Crippen LogP contribution in [0, 0.1) is 11.8 Å². The molecule has 152 valence electrons. The van der Waals surface area contributed by atoms with E-state index in [0.717, 1.165) is 40.1 Å². The number of nitrogens with zero attached hydrogens (tertiary/aromatic N) is 4. The first-order valence-corrected chi connectivity index (χ1v) is 10.7. The zero-order valence-corrected chi connectivity index (χ0v) is 18.2. The molecule has 1 unspecified atom stereocenters. The molecular weight excluding hydrogens is 424 g/mol. The Labute approximate surface area is 173 Å². The molecule has 1 aliphatic carbocycles. The molecule has 1 saturated heterocycles. The van der Waals surface area contributed by atoms with Crippen molar-refractivity contribution in [3.05, 3.63) is 16.6 Å². The lowest BCUT2D eigenvalue weighted by molar-refractivity contribution is 0.0285. The minimum absolute atomic E-state index is 0.245. The van der Waals surface area contributed by atoms with Gasteiger partial charge in [-0.2, -0.15) is 0 Å². The first kappa shape index (κ1) is 19.5. The second-order valence-corrected chi connectivity index (χ2v) is 9.65. The van der Waals surface area contributed by atoms with Gasteiger partial charge in [-0.25, -0.2) is 9.48 Å². The quantitative estimate of drug-likeness (QED) is 0.680. The summed E-state index contributed by atoms with van der Waals surface area (Å²) >= 11 is 3.63. The van der Waals surface area contributed by atoms with Crippen LogP contribution in [0.25, 0.3) is 11.0 Å². The van der Waals surface area contributed by atoms with Gasteiger partial charge < -0.3 is 14.4 Å².